The van der Waals surface area contributed by atoms with Crippen LogP contribution in [0.2, 0.25) is 0 Å². The van der Waals surface area contributed by atoms with Crippen molar-refractivity contribution in [2.75, 3.05) is 20.6 Å². The van der Waals surface area contributed by atoms with E-state index >= 15 is 0 Å². The van der Waals surface area contributed by atoms with E-state index in [1.807, 2.05) is 0 Å². The van der Waals surface area contributed by atoms with Gasteiger partial charge < -0.3 is 4.90 Å². The molecular weight excluding hydrogens is 242 g/mol. The molecule has 0 unspecified atom stereocenters. The monoisotopic (exact) mass is 263 g/mol. The molecule has 0 bridgehead atoms. The lowest BCUT2D eigenvalue weighted by Crippen LogP contribution is -2.17. The number of nitrogens with zero attached hydrogens (tertiary/aromatic N) is 1. The zero-order chi connectivity index (χ0) is 13.9. The zero-order valence-corrected chi connectivity index (χ0v) is 12.2. The first kappa shape index (κ1) is 13.1. The highest BCUT2D eigenvalue weighted by molar-refractivity contribution is 5.76. The Kier molecular flexibility index (Phi) is 3.70. The van der Waals surface area contributed by atoms with Crippen molar-refractivity contribution in [1.29, 1.82) is 0 Å². The Morgan fingerprint density at radius 3 is 1.80 bits per heavy atom. The van der Waals surface area contributed by atoms with Crippen LogP contribution in [0.15, 0.2) is 48.5 Å². The van der Waals surface area contributed by atoms with Gasteiger partial charge in [-0.05, 0) is 49.3 Å². The molecule has 2 aromatic carbocycles. The molecule has 1 nitrogen and oxygen atoms in total. The van der Waals surface area contributed by atoms with Crippen LogP contribution < -0.4 is 0 Å². The first-order valence-corrected chi connectivity index (χ1v) is 7.26. The molecule has 0 N–H and O–H groups in total. The summed E-state index contributed by atoms with van der Waals surface area (Å²) in [5.74, 6) is 0.486. The Morgan fingerprint density at radius 1 is 0.800 bits per heavy atom. The van der Waals surface area contributed by atoms with Crippen molar-refractivity contribution in [1.82, 2.24) is 4.90 Å². The van der Waals surface area contributed by atoms with Crippen LogP contribution in [-0.4, -0.2) is 25.5 Å². The summed E-state index contributed by atoms with van der Waals surface area (Å²) >= 11 is 0. The van der Waals surface area contributed by atoms with E-state index in [0.29, 0.717) is 5.92 Å². The quantitative estimate of drug-likeness (QED) is 0.800. The maximum Gasteiger partial charge on any atom is 0.0113 e. The van der Waals surface area contributed by atoms with E-state index in [4.69, 9.17) is 0 Å². The first-order valence-electron chi connectivity index (χ1n) is 7.26. The molecule has 1 aliphatic rings. The van der Waals surface area contributed by atoms with E-state index in [2.05, 4.69) is 79.7 Å². The summed E-state index contributed by atoms with van der Waals surface area (Å²) < 4.78 is 0. The van der Waals surface area contributed by atoms with Gasteiger partial charge in [0.15, 0.2) is 0 Å². The minimum atomic E-state index is 0.486. The molecule has 0 radical (unpaired) electrons. The summed E-state index contributed by atoms with van der Waals surface area (Å²) in [5, 5.41) is 0. The summed E-state index contributed by atoms with van der Waals surface area (Å²) in [6, 6.07) is 17.6. The van der Waals surface area contributed by atoms with Crippen LogP contribution in [-0.2, 0) is 0 Å². The molecule has 0 aliphatic heterocycles. The van der Waals surface area contributed by atoms with Crippen LogP contribution in [0, 0.1) is 0 Å². The van der Waals surface area contributed by atoms with Gasteiger partial charge in [-0.3, -0.25) is 0 Å². The molecule has 0 saturated heterocycles. The summed E-state index contributed by atoms with van der Waals surface area (Å²) in [5.41, 5.74) is 5.62. The van der Waals surface area contributed by atoms with Gasteiger partial charge in [0.05, 0.1) is 0 Å². The second-order valence-electron chi connectivity index (χ2n) is 5.74. The van der Waals surface area contributed by atoms with Gasteiger partial charge in [-0.25, -0.2) is 0 Å². The molecule has 0 spiro atoms. The molecule has 0 saturated carbocycles. The average molecular weight is 263 g/mol. The molecule has 0 fully saturated rings. The molecule has 0 amide bonds. The minimum absolute atomic E-state index is 0.486. The molecule has 0 aromatic heterocycles. The SMILES string of the molecule is CN(C)CCC1c2ccccc2C=Cc2ccccc21. The minimum Gasteiger partial charge on any atom is -0.309 e. The summed E-state index contributed by atoms with van der Waals surface area (Å²) in [6.45, 7) is 1.10. The Morgan fingerprint density at radius 2 is 1.30 bits per heavy atom. The molecule has 0 atom stereocenters. The number of rotatable bonds is 3. The van der Waals surface area contributed by atoms with Gasteiger partial charge in [-0.2, -0.15) is 0 Å². The van der Waals surface area contributed by atoms with Crippen molar-refractivity contribution in [3.8, 4) is 0 Å². The Bertz CT molecular complexity index is 576. The van der Waals surface area contributed by atoms with Gasteiger partial charge in [0.2, 0.25) is 0 Å². The predicted molar refractivity (Wildman–Crippen MR) is 86.8 cm³/mol. The van der Waals surface area contributed by atoms with Gasteiger partial charge in [0.25, 0.3) is 0 Å². The molecule has 102 valence electrons. The third-order valence-electron chi connectivity index (χ3n) is 4.05. The standard InChI is InChI=1S/C19H21N/c1-20(2)14-13-19-17-9-5-3-7-15(17)11-12-16-8-4-6-10-18(16)19/h3-12,19H,13-14H2,1-2H3. The van der Waals surface area contributed by atoms with Crippen LogP contribution in [0.3, 0.4) is 0 Å². The van der Waals surface area contributed by atoms with Gasteiger partial charge in [0.1, 0.15) is 0 Å². The third kappa shape index (κ3) is 2.54. The van der Waals surface area contributed by atoms with Crippen molar-refractivity contribution < 1.29 is 0 Å². The fourth-order valence-electron chi connectivity index (χ4n) is 3.01. The number of hydrogen-bond donors (Lipinski definition) is 0. The number of hydrogen-bond acceptors (Lipinski definition) is 1. The fraction of sp³-hybridized carbons (Fsp3) is 0.263. The van der Waals surface area contributed by atoms with Gasteiger partial charge in [-0.15, -0.1) is 0 Å². The van der Waals surface area contributed by atoms with Gasteiger partial charge in [-0.1, -0.05) is 60.7 Å². The molecule has 1 aliphatic carbocycles. The van der Waals surface area contributed by atoms with Gasteiger partial charge >= 0.3 is 0 Å². The Hall–Kier alpha value is -1.86. The van der Waals surface area contributed by atoms with Gasteiger partial charge in [0, 0.05) is 5.92 Å². The number of benzene rings is 2. The Labute approximate surface area is 121 Å². The smallest absolute Gasteiger partial charge is 0.0113 e. The molecular formula is C19H21N. The lowest BCUT2D eigenvalue weighted by molar-refractivity contribution is 0.390. The molecule has 2 aromatic rings. The van der Waals surface area contributed by atoms with Crippen LogP contribution in [0.1, 0.15) is 34.6 Å². The second-order valence-corrected chi connectivity index (χ2v) is 5.74. The number of fused-ring (bicyclic) bond motifs is 2. The molecule has 1 heteroatoms. The highest BCUT2D eigenvalue weighted by Crippen LogP contribution is 2.36. The lowest BCUT2D eigenvalue weighted by Gasteiger charge is -2.22. The van der Waals surface area contributed by atoms with Crippen molar-refractivity contribution >= 4 is 12.2 Å². The highest BCUT2D eigenvalue weighted by Gasteiger charge is 2.20. The lowest BCUT2D eigenvalue weighted by atomic mass is 9.85. The van der Waals surface area contributed by atoms with E-state index in [0.717, 1.165) is 13.0 Å². The van der Waals surface area contributed by atoms with Crippen LogP contribution in [0.5, 0.6) is 0 Å². The largest absolute Gasteiger partial charge is 0.309 e. The van der Waals surface area contributed by atoms with Crippen LogP contribution in [0.4, 0.5) is 0 Å². The van der Waals surface area contributed by atoms with Crippen molar-refractivity contribution in [3.63, 3.8) is 0 Å². The van der Waals surface area contributed by atoms with E-state index in [1.165, 1.54) is 22.3 Å². The second kappa shape index (κ2) is 5.64. The fourth-order valence-corrected chi connectivity index (χ4v) is 3.01. The maximum absolute atomic E-state index is 2.28. The summed E-state index contributed by atoms with van der Waals surface area (Å²) in [6.07, 6.45) is 5.66. The van der Waals surface area contributed by atoms with Crippen LogP contribution in [0.25, 0.3) is 12.2 Å². The first-order chi connectivity index (χ1) is 9.75. The van der Waals surface area contributed by atoms with E-state index < -0.39 is 0 Å². The topological polar surface area (TPSA) is 3.24 Å². The highest BCUT2D eigenvalue weighted by atomic mass is 15.0. The molecule has 3 rings (SSSR count). The Balaban J connectivity index is 2.08. The van der Waals surface area contributed by atoms with E-state index in [1.54, 1.807) is 0 Å². The van der Waals surface area contributed by atoms with Crippen molar-refractivity contribution in [2.45, 2.75) is 12.3 Å². The average Bonchev–Trinajstić information content (AvgIpc) is 2.62. The third-order valence-corrected chi connectivity index (χ3v) is 4.05. The molecule has 0 heterocycles. The normalized spacial score (nSPS) is 13.9. The zero-order valence-electron chi connectivity index (χ0n) is 12.2. The van der Waals surface area contributed by atoms with E-state index in [-0.39, 0.29) is 0 Å². The molecule has 20 heavy (non-hydrogen) atoms. The van der Waals surface area contributed by atoms with Crippen molar-refractivity contribution in [3.05, 3.63) is 70.8 Å². The van der Waals surface area contributed by atoms with Crippen molar-refractivity contribution in [2.24, 2.45) is 0 Å². The van der Waals surface area contributed by atoms with Crippen LogP contribution >= 0.6 is 0 Å². The predicted octanol–water partition coefficient (Wildman–Crippen LogP) is 4.25. The maximum atomic E-state index is 2.28. The van der Waals surface area contributed by atoms with E-state index in [9.17, 15) is 0 Å². The summed E-state index contributed by atoms with van der Waals surface area (Å²) in [4.78, 5) is 2.27. The summed E-state index contributed by atoms with van der Waals surface area (Å²) in [7, 11) is 4.29.